The number of imide groups is 1. The van der Waals surface area contributed by atoms with Crippen LogP contribution in [0.25, 0.3) is 0 Å². The maximum atomic E-state index is 12.4. The summed E-state index contributed by atoms with van der Waals surface area (Å²) in [5.41, 5.74) is 1.06. The van der Waals surface area contributed by atoms with Crippen molar-refractivity contribution < 1.29 is 19.2 Å². The van der Waals surface area contributed by atoms with E-state index in [9.17, 15) is 19.2 Å². The molecule has 140 valence electrons. The molecule has 6 nitrogen and oxygen atoms in total. The van der Waals surface area contributed by atoms with E-state index in [1.807, 2.05) is 27.7 Å². The van der Waals surface area contributed by atoms with E-state index >= 15 is 0 Å². The van der Waals surface area contributed by atoms with Crippen molar-refractivity contribution in [3.05, 3.63) is 35.4 Å². The Bertz CT molecular complexity index is 544. The molecule has 0 aliphatic heterocycles. The molecule has 1 unspecified atom stereocenters. The molecule has 0 aliphatic rings. The number of rotatable bonds is 7. The highest BCUT2D eigenvalue weighted by Gasteiger charge is 2.29. The van der Waals surface area contributed by atoms with Crippen LogP contribution in [0, 0.1) is 6.92 Å². The van der Waals surface area contributed by atoms with Crippen LogP contribution in [0.5, 0.6) is 0 Å². The number of aldehydes is 1. The van der Waals surface area contributed by atoms with Gasteiger partial charge in [0.1, 0.15) is 12.3 Å². The number of carbonyl (C=O) groups excluding carboxylic acids is 4. The minimum absolute atomic E-state index is 0.0868. The van der Waals surface area contributed by atoms with Crippen LogP contribution < -0.4 is 5.32 Å². The number of amides is 3. The zero-order valence-corrected chi connectivity index (χ0v) is 16.0. The lowest BCUT2D eigenvalue weighted by molar-refractivity contribution is -0.131. The minimum Gasteiger partial charge on any atom is -0.357 e. The number of hydrogen-bond donors (Lipinski definition) is 1. The Morgan fingerprint density at radius 3 is 2.12 bits per heavy atom. The van der Waals surface area contributed by atoms with Crippen LogP contribution in [0.4, 0.5) is 0 Å². The van der Waals surface area contributed by atoms with Crippen molar-refractivity contribution in [2.45, 2.75) is 53.5 Å². The van der Waals surface area contributed by atoms with Gasteiger partial charge < -0.3 is 10.1 Å². The predicted molar refractivity (Wildman–Crippen MR) is 99.3 cm³/mol. The molecule has 0 bridgehead atoms. The second kappa shape index (κ2) is 15.1. The lowest BCUT2D eigenvalue weighted by Crippen LogP contribution is -2.48. The molecule has 1 aromatic rings. The normalized spacial score (nSPS) is 10.0. The first-order valence-corrected chi connectivity index (χ1v) is 8.55. The minimum atomic E-state index is -0.996. The molecule has 0 radical (unpaired) electrons. The summed E-state index contributed by atoms with van der Waals surface area (Å²) < 4.78 is 0. The number of hydrogen-bond acceptors (Lipinski definition) is 4. The van der Waals surface area contributed by atoms with E-state index in [2.05, 4.69) is 5.32 Å². The van der Waals surface area contributed by atoms with Gasteiger partial charge in [-0.2, -0.15) is 0 Å². The van der Waals surface area contributed by atoms with E-state index in [4.69, 9.17) is 0 Å². The van der Waals surface area contributed by atoms with Crippen molar-refractivity contribution in [3.63, 3.8) is 0 Å². The lowest BCUT2D eigenvalue weighted by Gasteiger charge is -2.25. The monoisotopic (exact) mass is 350 g/mol. The molecule has 1 N–H and O–H groups in total. The molecule has 0 heterocycles. The van der Waals surface area contributed by atoms with Gasteiger partial charge in [0.15, 0.2) is 0 Å². The molecule has 0 aliphatic carbocycles. The molecule has 25 heavy (non-hydrogen) atoms. The van der Waals surface area contributed by atoms with E-state index in [0.717, 1.165) is 4.90 Å². The van der Waals surface area contributed by atoms with Crippen LogP contribution in [0.3, 0.4) is 0 Å². The second-order valence-electron chi connectivity index (χ2n) is 4.51. The molecule has 0 fully saturated rings. The highest BCUT2D eigenvalue weighted by Crippen LogP contribution is 2.14. The molecule has 0 aromatic heterocycles. The van der Waals surface area contributed by atoms with Gasteiger partial charge in [0.2, 0.25) is 12.3 Å². The SMILES string of the molecule is CC.CC.CNC(=O)C(CCC=O)N(C=O)C(=O)c1ccccc1C. The number of carbonyl (C=O) groups is 4. The van der Waals surface area contributed by atoms with E-state index in [1.165, 1.54) is 7.05 Å². The summed E-state index contributed by atoms with van der Waals surface area (Å²) in [4.78, 5) is 46.9. The zero-order chi connectivity index (χ0) is 19.8. The summed E-state index contributed by atoms with van der Waals surface area (Å²) in [5, 5.41) is 2.40. The Morgan fingerprint density at radius 2 is 1.68 bits per heavy atom. The van der Waals surface area contributed by atoms with Gasteiger partial charge in [-0.15, -0.1) is 0 Å². The van der Waals surface area contributed by atoms with E-state index < -0.39 is 17.9 Å². The van der Waals surface area contributed by atoms with Crippen LogP contribution in [0.15, 0.2) is 24.3 Å². The van der Waals surface area contributed by atoms with Gasteiger partial charge >= 0.3 is 0 Å². The number of benzene rings is 1. The van der Waals surface area contributed by atoms with Gasteiger partial charge in [0.05, 0.1) is 0 Å². The molecule has 0 saturated heterocycles. The van der Waals surface area contributed by atoms with Gasteiger partial charge in [0, 0.05) is 19.0 Å². The molecule has 1 atom stereocenters. The third-order valence-corrected chi connectivity index (χ3v) is 3.17. The smallest absolute Gasteiger partial charge is 0.261 e. The van der Waals surface area contributed by atoms with Crippen molar-refractivity contribution in [1.29, 1.82) is 0 Å². The Hall–Kier alpha value is -2.50. The third kappa shape index (κ3) is 7.74. The quantitative estimate of drug-likeness (QED) is 0.767. The molecule has 6 heteroatoms. The molecule has 0 saturated carbocycles. The fraction of sp³-hybridized carbons (Fsp3) is 0.474. The van der Waals surface area contributed by atoms with Gasteiger partial charge in [0.25, 0.3) is 5.91 Å². The largest absolute Gasteiger partial charge is 0.357 e. The number of likely N-dealkylation sites (N-methyl/N-ethyl adjacent to an activating group) is 1. The first kappa shape index (κ1) is 24.7. The second-order valence-corrected chi connectivity index (χ2v) is 4.51. The Balaban J connectivity index is 0. The standard InChI is InChI=1S/C15H18N2O4.2C2H6/c1-11-6-3-4-7-12(11)15(21)17(10-19)13(8-5-9-18)14(20)16-2;2*1-2/h3-4,6-7,9-10,13H,5,8H2,1-2H3,(H,16,20);2*1-2H3. The lowest BCUT2D eigenvalue weighted by atomic mass is 10.0. The van der Waals surface area contributed by atoms with Crippen LogP contribution in [0.2, 0.25) is 0 Å². The van der Waals surface area contributed by atoms with Gasteiger partial charge in [-0.1, -0.05) is 45.9 Å². The van der Waals surface area contributed by atoms with Crippen LogP contribution in [-0.2, 0) is 14.4 Å². The first-order chi connectivity index (χ1) is 12.1. The van der Waals surface area contributed by atoms with Crippen molar-refractivity contribution in [2.75, 3.05) is 7.05 Å². The van der Waals surface area contributed by atoms with Crippen molar-refractivity contribution in [2.24, 2.45) is 0 Å². The number of aryl methyl sites for hydroxylation is 1. The summed E-state index contributed by atoms with van der Waals surface area (Å²) in [7, 11) is 1.41. The third-order valence-electron chi connectivity index (χ3n) is 3.17. The van der Waals surface area contributed by atoms with Gasteiger partial charge in [-0.05, 0) is 25.0 Å². The Kier molecular flexibility index (Phi) is 14.9. The molecule has 1 rings (SSSR count). The highest BCUT2D eigenvalue weighted by molar-refractivity contribution is 6.04. The summed E-state index contributed by atoms with van der Waals surface area (Å²) in [6.07, 6.45) is 1.17. The summed E-state index contributed by atoms with van der Waals surface area (Å²) in [6.45, 7) is 9.75. The summed E-state index contributed by atoms with van der Waals surface area (Å²) in [5.74, 6) is -1.03. The van der Waals surface area contributed by atoms with Crippen LogP contribution in [0.1, 0.15) is 56.5 Å². The fourth-order valence-electron chi connectivity index (χ4n) is 2.00. The average Bonchev–Trinajstić information content (AvgIpc) is 2.67. The highest BCUT2D eigenvalue weighted by atomic mass is 16.2. The maximum absolute atomic E-state index is 12.4. The topological polar surface area (TPSA) is 83.6 Å². The summed E-state index contributed by atoms with van der Waals surface area (Å²) in [6, 6.07) is 5.80. The zero-order valence-electron chi connectivity index (χ0n) is 16.0. The van der Waals surface area contributed by atoms with Gasteiger partial charge in [-0.3, -0.25) is 19.3 Å². The Morgan fingerprint density at radius 1 is 1.12 bits per heavy atom. The Labute approximate surface area is 150 Å². The predicted octanol–water partition coefficient (Wildman–Crippen LogP) is 2.74. The molecular weight excluding hydrogens is 320 g/mol. The van der Waals surface area contributed by atoms with E-state index in [1.54, 1.807) is 31.2 Å². The molecule has 0 spiro atoms. The molecular formula is C19H30N2O4. The van der Waals surface area contributed by atoms with Crippen LogP contribution >= 0.6 is 0 Å². The molecule has 3 amide bonds. The molecule has 1 aromatic carbocycles. The van der Waals surface area contributed by atoms with E-state index in [0.29, 0.717) is 23.8 Å². The maximum Gasteiger partial charge on any atom is 0.261 e. The van der Waals surface area contributed by atoms with E-state index in [-0.39, 0.29) is 12.8 Å². The fourth-order valence-corrected chi connectivity index (χ4v) is 2.00. The number of nitrogens with one attached hydrogen (secondary N) is 1. The van der Waals surface area contributed by atoms with Crippen molar-refractivity contribution in [1.82, 2.24) is 10.2 Å². The number of nitrogens with zero attached hydrogens (tertiary/aromatic N) is 1. The van der Waals surface area contributed by atoms with Crippen molar-refractivity contribution >= 4 is 24.5 Å². The average molecular weight is 350 g/mol. The van der Waals surface area contributed by atoms with Crippen LogP contribution in [-0.4, -0.2) is 42.5 Å². The first-order valence-electron chi connectivity index (χ1n) is 8.55. The van der Waals surface area contributed by atoms with Gasteiger partial charge in [-0.25, -0.2) is 0 Å². The van der Waals surface area contributed by atoms with Crippen molar-refractivity contribution in [3.8, 4) is 0 Å². The summed E-state index contributed by atoms with van der Waals surface area (Å²) >= 11 is 0.